The fourth-order valence-electron chi connectivity index (χ4n) is 0. The molecule has 0 heterocycles. The van der Waals surface area contributed by atoms with Gasteiger partial charge >= 0.3 is 5.97 Å². The Morgan fingerprint density at radius 2 is 0.609 bits per heavy atom. The molecule has 13 heteroatoms. The SMILES string of the molecule is CC(=O)O.CC(=O)O.CC(=O)O.CC(=O)O.NC(N)(N)C(=O)O. The first-order valence-corrected chi connectivity index (χ1v) is 5.25. The van der Waals surface area contributed by atoms with E-state index < -0.39 is 35.6 Å². The van der Waals surface area contributed by atoms with E-state index in [1.165, 1.54) is 0 Å². The minimum atomic E-state index is -2.08. The highest BCUT2D eigenvalue weighted by atomic mass is 16.4. The van der Waals surface area contributed by atoms with Gasteiger partial charge < -0.3 is 25.5 Å². The lowest BCUT2D eigenvalue weighted by molar-refractivity contribution is -0.143. The molecule has 0 spiro atoms. The van der Waals surface area contributed by atoms with Crippen molar-refractivity contribution in [3.8, 4) is 0 Å². The van der Waals surface area contributed by atoms with Crippen LogP contribution in [0.25, 0.3) is 0 Å². The third-order valence-electron chi connectivity index (χ3n) is 0.370. The van der Waals surface area contributed by atoms with Gasteiger partial charge in [-0.05, 0) is 0 Å². The fourth-order valence-corrected chi connectivity index (χ4v) is 0. The lowest BCUT2D eigenvalue weighted by Gasteiger charge is -2.09. The van der Waals surface area contributed by atoms with Crippen LogP contribution in [0.1, 0.15) is 27.7 Å². The van der Waals surface area contributed by atoms with Gasteiger partial charge in [0, 0.05) is 27.7 Å². The van der Waals surface area contributed by atoms with Crippen LogP contribution in [-0.2, 0) is 24.0 Å². The molecule has 0 aliphatic carbocycles. The monoisotopic (exact) mass is 345 g/mol. The summed E-state index contributed by atoms with van der Waals surface area (Å²) in [5.74, 6) is -6.84. The number of rotatable bonds is 1. The fraction of sp³-hybridized carbons (Fsp3) is 0.500. The largest absolute Gasteiger partial charge is 0.481 e. The number of hydrogen-bond donors (Lipinski definition) is 8. The summed E-state index contributed by atoms with van der Waals surface area (Å²) in [5, 5.41) is 37.5. The van der Waals surface area contributed by atoms with Crippen LogP contribution >= 0.6 is 0 Å². The maximum atomic E-state index is 9.65. The summed E-state index contributed by atoms with van der Waals surface area (Å²) in [6.45, 7) is 4.33. The Hall–Kier alpha value is -2.77. The molecule has 0 amide bonds. The second-order valence-electron chi connectivity index (χ2n) is 3.31. The van der Waals surface area contributed by atoms with E-state index in [1.807, 2.05) is 0 Å². The second kappa shape index (κ2) is 19.2. The van der Waals surface area contributed by atoms with E-state index in [0.29, 0.717) is 0 Å². The molecule has 0 saturated carbocycles. The number of carboxylic acids is 5. The quantitative estimate of drug-likeness (QED) is 0.238. The Labute approximate surface area is 131 Å². The third-order valence-corrected chi connectivity index (χ3v) is 0.370. The zero-order valence-electron chi connectivity index (χ0n) is 13.0. The van der Waals surface area contributed by atoms with Crippen LogP contribution in [0.4, 0.5) is 0 Å². The van der Waals surface area contributed by atoms with Crippen molar-refractivity contribution in [2.75, 3.05) is 0 Å². The molecule has 0 fully saturated rings. The second-order valence-corrected chi connectivity index (χ2v) is 3.31. The number of carboxylic acid groups (broad SMARTS) is 5. The number of hydrogen-bond acceptors (Lipinski definition) is 8. The number of nitrogens with two attached hydrogens (primary N) is 3. The Balaban J connectivity index is -0.0000000604. The highest BCUT2D eigenvalue weighted by Crippen LogP contribution is 1.71. The van der Waals surface area contributed by atoms with Crippen LogP contribution < -0.4 is 17.2 Å². The Bertz CT molecular complexity index is 312. The summed E-state index contributed by atoms with van der Waals surface area (Å²) in [4.78, 5) is 45.6. The van der Waals surface area contributed by atoms with Crippen molar-refractivity contribution in [3.05, 3.63) is 0 Å². The Kier molecular flexibility index (Phi) is 27.0. The topological polar surface area (TPSA) is 265 Å². The summed E-state index contributed by atoms with van der Waals surface area (Å²) >= 11 is 0. The zero-order valence-corrected chi connectivity index (χ0v) is 13.0. The molecular formula is C10H23N3O10. The van der Waals surface area contributed by atoms with Crippen molar-refractivity contribution in [3.63, 3.8) is 0 Å². The third kappa shape index (κ3) is 547. The maximum absolute atomic E-state index is 9.65. The molecule has 0 saturated heterocycles. The molecule has 23 heavy (non-hydrogen) atoms. The van der Waals surface area contributed by atoms with Crippen molar-refractivity contribution in [2.24, 2.45) is 17.2 Å². The van der Waals surface area contributed by atoms with E-state index in [4.69, 9.17) is 44.7 Å². The van der Waals surface area contributed by atoms with Gasteiger partial charge in [-0.2, -0.15) is 0 Å². The first kappa shape index (κ1) is 32.3. The highest BCUT2D eigenvalue weighted by Gasteiger charge is 2.21. The molecule has 0 aromatic rings. The average Bonchev–Trinajstić information content (AvgIpc) is 2.10. The average molecular weight is 345 g/mol. The molecule has 11 N–H and O–H groups in total. The molecule has 0 radical (unpaired) electrons. The van der Waals surface area contributed by atoms with E-state index >= 15 is 0 Å². The van der Waals surface area contributed by atoms with Crippen molar-refractivity contribution >= 4 is 29.8 Å². The van der Waals surface area contributed by atoms with Gasteiger partial charge in [-0.25, -0.2) is 4.79 Å². The van der Waals surface area contributed by atoms with Gasteiger partial charge in [-0.15, -0.1) is 0 Å². The molecule has 0 unspecified atom stereocenters. The molecule has 0 aliphatic heterocycles. The van der Waals surface area contributed by atoms with Crippen molar-refractivity contribution in [2.45, 2.75) is 33.5 Å². The minimum Gasteiger partial charge on any atom is -0.481 e. The molecule has 0 atom stereocenters. The summed E-state index contributed by atoms with van der Waals surface area (Å²) in [5.41, 5.74) is 13.9. The molecule has 0 aliphatic rings. The predicted molar refractivity (Wildman–Crippen MR) is 76.2 cm³/mol. The molecule has 13 nitrogen and oxygen atoms in total. The maximum Gasteiger partial charge on any atom is 0.354 e. The van der Waals surface area contributed by atoms with E-state index in [1.54, 1.807) is 0 Å². The van der Waals surface area contributed by atoms with Crippen LogP contribution in [0.2, 0.25) is 0 Å². The standard InChI is InChI=1S/C2H7N3O2.4C2H4O2/c3-2(4,5)1(6)7;4*1-2(3)4/h3-5H2,(H,6,7);4*1H3,(H,3,4). The van der Waals surface area contributed by atoms with Gasteiger partial charge in [-0.1, -0.05) is 0 Å². The van der Waals surface area contributed by atoms with Gasteiger partial charge in [0.25, 0.3) is 23.9 Å². The van der Waals surface area contributed by atoms with Gasteiger partial charge in [0.2, 0.25) is 5.79 Å². The van der Waals surface area contributed by atoms with Crippen LogP contribution in [0.5, 0.6) is 0 Å². The van der Waals surface area contributed by atoms with Crippen LogP contribution in [-0.4, -0.2) is 61.2 Å². The van der Waals surface area contributed by atoms with Crippen molar-refractivity contribution < 1.29 is 49.5 Å². The van der Waals surface area contributed by atoms with Crippen molar-refractivity contribution in [1.29, 1.82) is 0 Å². The van der Waals surface area contributed by atoms with E-state index in [2.05, 4.69) is 17.2 Å². The van der Waals surface area contributed by atoms with Gasteiger partial charge in [0.15, 0.2) is 0 Å². The van der Waals surface area contributed by atoms with E-state index in [-0.39, 0.29) is 0 Å². The Morgan fingerprint density at radius 1 is 0.565 bits per heavy atom. The van der Waals surface area contributed by atoms with E-state index in [9.17, 15) is 4.79 Å². The normalized spacial score (nSPS) is 7.78. The first-order valence-electron chi connectivity index (χ1n) is 5.25. The number of aliphatic carboxylic acids is 5. The zero-order chi connectivity index (χ0) is 20.4. The molecular weight excluding hydrogens is 322 g/mol. The van der Waals surface area contributed by atoms with Crippen LogP contribution in [0.15, 0.2) is 0 Å². The molecule has 138 valence electrons. The van der Waals surface area contributed by atoms with Gasteiger partial charge in [-0.3, -0.25) is 36.4 Å². The molecule has 0 bridgehead atoms. The van der Waals surface area contributed by atoms with Crippen LogP contribution in [0.3, 0.4) is 0 Å². The molecule has 0 aromatic heterocycles. The van der Waals surface area contributed by atoms with Gasteiger partial charge in [0.1, 0.15) is 0 Å². The summed E-state index contributed by atoms with van der Waals surface area (Å²) in [6, 6.07) is 0. The summed E-state index contributed by atoms with van der Waals surface area (Å²) in [6.07, 6.45) is 0. The van der Waals surface area contributed by atoms with Crippen molar-refractivity contribution in [1.82, 2.24) is 0 Å². The lowest BCUT2D eigenvalue weighted by atomic mass is 10.4. The van der Waals surface area contributed by atoms with Gasteiger partial charge in [0.05, 0.1) is 0 Å². The van der Waals surface area contributed by atoms with E-state index in [0.717, 1.165) is 27.7 Å². The molecule has 0 aromatic carbocycles. The number of carbonyl (C=O) groups is 5. The molecule has 0 rings (SSSR count). The summed E-state index contributed by atoms with van der Waals surface area (Å²) < 4.78 is 0. The highest BCUT2D eigenvalue weighted by molar-refractivity contribution is 5.76. The summed E-state index contributed by atoms with van der Waals surface area (Å²) in [7, 11) is 0. The smallest absolute Gasteiger partial charge is 0.354 e. The van der Waals surface area contributed by atoms with Crippen LogP contribution in [0, 0.1) is 0 Å². The lowest BCUT2D eigenvalue weighted by Crippen LogP contribution is -2.64. The Morgan fingerprint density at radius 3 is 0.609 bits per heavy atom. The minimum absolute atomic E-state index is 0.833. The predicted octanol–water partition coefficient (Wildman–Crippen LogP) is -2.04. The first-order chi connectivity index (χ1) is 9.87.